The zero-order chi connectivity index (χ0) is 8.39. The average Bonchev–Trinajstić information content (AvgIpc) is 2.17. The number of allylic oxidation sites excluding steroid dienone is 1. The number of benzene rings is 1. The Hall–Kier alpha value is -1.68. The Labute approximate surface area is 70.6 Å². The van der Waals surface area contributed by atoms with E-state index in [9.17, 15) is 0 Å². The Morgan fingerprint density at radius 3 is 3.08 bits per heavy atom. The van der Waals surface area contributed by atoms with Crippen molar-refractivity contribution in [2.24, 2.45) is 0 Å². The average molecular weight is 156 g/mol. The van der Waals surface area contributed by atoms with Gasteiger partial charge >= 0.3 is 0 Å². The summed E-state index contributed by atoms with van der Waals surface area (Å²) in [6.07, 6.45) is 3.86. The lowest BCUT2D eigenvalue weighted by molar-refractivity contribution is 0.414. The van der Waals surface area contributed by atoms with Gasteiger partial charge in [0.25, 0.3) is 0 Å². The van der Waals surface area contributed by atoms with Crippen LogP contribution in [-0.2, 0) is 0 Å². The Balaban J connectivity index is 2.84. The Kier molecular flexibility index (Phi) is 1.60. The molecule has 1 aromatic carbocycles. The zero-order valence-corrected chi connectivity index (χ0v) is 6.79. The van der Waals surface area contributed by atoms with E-state index in [4.69, 9.17) is 4.74 Å². The smallest absolute Gasteiger partial charge is 0.120 e. The van der Waals surface area contributed by atoms with Crippen LogP contribution in [-0.4, -0.2) is 7.11 Å². The summed E-state index contributed by atoms with van der Waals surface area (Å²) >= 11 is 0. The third-order valence-corrected chi connectivity index (χ3v) is 1.81. The molecule has 1 aliphatic carbocycles. The quantitative estimate of drug-likeness (QED) is 0.540. The normalized spacial score (nSPS) is 11.4. The number of fused-ring (bicyclic) bond motifs is 1. The van der Waals surface area contributed by atoms with Gasteiger partial charge in [0.1, 0.15) is 5.75 Å². The summed E-state index contributed by atoms with van der Waals surface area (Å²) in [5, 5.41) is 2.20. The molecule has 1 aliphatic rings. The summed E-state index contributed by atoms with van der Waals surface area (Å²) < 4.78 is 5.09. The maximum Gasteiger partial charge on any atom is 0.120 e. The minimum atomic E-state index is 0.860. The van der Waals surface area contributed by atoms with Crippen LogP contribution in [0.25, 0.3) is 11.8 Å². The van der Waals surface area contributed by atoms with E-state index in [0.29, 0.717) is 0 Å². The van der Waals surface area contributed by atoms with Gasteiger partial charge < -0.3 is 4.74 Å². The molecule has 58 valence electrons. The number of rotatable bonds is 1. The van der Waals surface area contributed by atoms with Crippen LogP contribution in [0.15, 0.2) is 30.0 Å². The third kappa shape index (κ3) is 1.08. The molecule has 0 atom stereocenters. The molecule has 0 aromatic heterocycles. The highest BCUT2D eigenvalue weighted by Gasteiger charge is 1.90. The Morgan fingerprint density at radius 1 is 1.33 bits per heavy atom. The van der Waals surface area contributed by atoms with Crippen LogP contribution in [0.5, 0.6) is 5.75 Å². The highest BCUT2D eigenvalue weighted by molar-refractivity contribution is 5.45. The topological polar surface area (TPSA) is 9.23 Å². The maximum absolute atomic E-state index is 5.09. The first-order valence-electron chi connectivity index (χ1n) is 3.76. The van der Waals surface area contributed by atoms with E-state index in [0.717, 1.165) is 16.2 Å². The van der Waals surface area contributed by atoms with Gasteiger partial charge in [0.15, 0.2) is 0 Å². The summed E-state index contributed by atoms with van der Waals surface area (Å²) in [4.78, 5) is 0. The molecule has 0 spiro atoms. The van der Waals surface area contributed by atoms with Crippen molar-refractivity contribution in [3.05, 3.63) is 40.4 Å². The SMILES string of the molecule is COc1ccc2c(c1)=C=C=CC=2. The Bertz CT molecular complexity index is 484. The van der Waals surface area contributed by atoms with Gasteiger partial charge in [-0.2, -0.15) is 0 Å². The van der Waals surface area contributed by atoms with E-state index in [-0.39, 0.29) is 0 Å². The molecule has 0 saturated heterocycles. The van der Waals surface area contributed by atoms with Gasteiger partial charge in [-0.15, -0.1) is 0 Å². The van der Waals surface area contributed by atoms with Crippen molar-refractivity contribution < 1.29 is 4.74 Å². The molecule has 1 heteroatoms. The van der Waals surface area contributed by atoms with Crippen molar-refractivity contribution in [3.8, 4) is 5.75 Å². The molecule has 1 nitrogen and oxygen atoms in total. The van der Waals surface area contributed by atoms with E-state index in [2.05, 4.69) is 11.5 Å². The highest BCUT2D eigenvalue weighted by Crippen LogP contribution is 2.01. The number of ether oxygens (including phenoxy) is 1. The predicted octanol–water partition coefficient (Wildman–Crippen LogP) is 0.580. The van der Waals surface area contributed by atoms with Crippen LogP contribution in [0.2, 0.25) is 0 Å². The zero-order valence-electron chi connectivity index (χ0n) is 6.79. The monoisotopic (exact) mass is 156 g/mol. The van der Waals surface area contributed by atoms with Gasteiger partial charge in [-0.05, 0) is 29.5 Å². The molecule has 0 heterocycles. The lowest BCUT2D eigenvalue weighted by atomic mass is 10.2. The lowest BCUT2D eigenvalue weighted by Gasteiger charge is -1.97. The standard InChI is InChI=1S/C11H8O/c1-12-11-7-6-9-4-2-3-5-10(9)8-11/h2,4,6-8H,1H3. The van der Waals surface area contributed by atoms with Crippen molar-refractivity contribution in [1.82, 2.24) is 0 Å². The van der Waals surface area contributed by atoms with E-state index in [1.807, 2.05) is 30.4 Å². The second-order valence-electron chi connectivity index (χ2n) is 2.56. The molecule has 0 fully saturated rings. The first kappa shape index (κ1) is 7.00. The van der Waals surface area contributed by atoms with Gasteiger partial charge in [-0.1, -0.05) is 17.5 Å². The second kappa shape index (κ2) is 2.75. The summed E-state index contributed by atoms with van der Waals surface area (Å²) in [5.74, 6) is 0.860. The molecule has 2 rings (SSSR count). The van der Waals surface area contributed by atoms with E-state index < -0.39 is 0 Å². The van der Waals surface area contributed by atoms with Crippen molar-refractivity contribution in [1.29, 1.82) is 0 Å². The van der Waals surface area contributed by atoms with Gasteiger partial charge in [0.05, 0.1) is 7.11 Å². The molecule has 0 amide bonds. The highest BCUT2D eigenvalue weighted by atomic mass is 16.5. The maximum atomic E-state index is 5.09. The lowest BCUT2D eigenvalue weighted by Crippen LogP contribution is -2.23. The molecule has 12 heavy (non-hydrogen) atoms. The largest absolute Gasteiger partial charge is 0.497 e. The van der Waals surface area contributed by atoms with Gasteiger partial charge in [0, 0.05) is 5.22 Å². The first-order valence-corrected chi connectivity index (χ1v) is 3.76. The summed E-state index contributed by atoms with van der Waals surface area (Å²) in [6, 6.07) is 5.90. The molecule has 0 N–H and O–H groups in total. The van der Waals surface area contributed by atoms with Gasteiger partial charge in [0.2, 0.25) is 0 Å². The third-order valence-electron chi connectivity index (χ3n) is 1.81. The molecular weight excluding hydrogens is 148 g/mol. The number of hydrogen-bond donors (Lipinski definition) is 0. The van der Waals surface area contributed by atoms with Crippen molar-refractivity contribution in [3.63, 3.8) is 0 Å². The van der Waals surface area contributed by atoms with Crippen LogP contribution in [0.4, 0.5) is 0 Å². The Morgan fingerprint density at radius 2 is 2.25 bits per heavy atom. The van der Waals surface area contributed by atoms with Crippen molar-refractivity contribution >= 4 is 11.8 Å². The molecule has 0 saturated carbocycles. The van der Waals surface area contributed by atoms with Crippen LogP contribution in [0.3, 0.4) is 0 Å². The number of hydrogen-bond acceptors (Lipinski definition) is 1. The molecular formula is C11H8O. The molecule has 0 aliphatic heterocycles. The van der Waals surface area contributed by atoms with Crippen LogP contribution >= 0.6 is 0 Å². The fraction of sp³-hybridized carbons (Fsp3) is 0.0909. The van der Waals surface area contributed by atoms with Crippen molar-refractivity contribution in [2.75, 3.05) is 7.11 Å². The fourth-order valence-corrected chi connectivity index (χ4v) is 1.17. The predicted molar refractivity (Wildman–Crippen MR) is 48.2 cm³/mol. The second-order valence-corrected chi connectivity index (χ2v) is 2.56. The van der Waals surface area contributed by atoms with Crippen LogP contribution in [0.1, 0.15) is 0 Å². The van der Waals surface area contributed by atoms with Crippen LogP contribution in [0, 0.1) is 0 Å². The minimum Gasteiger partial charge on any atom is -0.497 e. The van der Waals surface area contributed by atoms with E-state index >= 15 is 0 Å². The van der Waals surface area contributed by atoms with Crippen molar-refractivity contribution in [2.45, 2.75) is 0 Å². The summed E-state index contributed by atoms with van der Waals surface area (Å²) in [6.45, 7) is 0. The molecule has 0 unspecified atom stereocenters. The summed E-state index contributed by atoms with van der Waals surface area (Å²) in [7, 11) is 1.66. The number of methoxy groups -OCH3 is 1. The molecule has 0 bridgehead atoms. The summed E-state index contributed by atoms with van der Waals surface area (Å²) in [5.41, 5.74) is 5.93. The molecule has 1 aromatic rings. The van der Waals surface area contributed by atoms with Gasteiger partial charge in [-0.25, -0.2) is 0 Å². The van der Waals surface area contributed by atoms with Crippen LogP contribution < -0.4 is 15.2 Å². The minimum absolute atomic E-state index is 0.860. The first-order chi connectivity index (χ1) is 5.90. The van der Waals surface area contributed by atoms with E-state index in [1.54, 1.807) is 7.11 Å². The van der Waals surface area contributed by atoms with E-state index in [1.165, 1.54) is 0 Å². The van der Waals surface area contributed by atoms with Gasteiger partial charge in [-0.3, -0.25) is 0 Å². The fourth-order valence-electron chi connectivity index (χ4n) is 1.17. The molecule has 0 radical (unpaired) electrons.